The molecule has 0 aliphatic carbocycles. The standard InChI is InChI=1S/C7H12O2.C6H8O7/c1-3-5-7(8,9)6-4-2;7-3(8)1-6(13,5(11)12)2-4(9)10/h3-4,8-9H,1-2,5-6H2;13H,1-2H2,(H,7,8)(H,9,10)(H,11,12). The number of rotatable bonds is 9. The molecule has 0 saturated heterocycles. The van der Waals surface area contributed by atoms with E-state index in [1.54, 1.807) is 0 Å². The third-order valence-corrected chi connectivity index (χ3v) is 2.23. The van der Waals surface area contributed by atoms with Gasteiger partial charge in [0.15, 0.2) is 11.4 Å². The monoisotopic (exact) mass is 320 g/mol. The van der Waals surface area contributed by atoms with Gasteiger partial charge in [0.05, 0.1) is 12.8 Å². The number of hydrogen-bond donors (Lipinski definition) is 6. The van der Waals surface area contributed by atoms with Crippen LogP contribution in [0.25, 0.3) is 0 Å². The van der Waals surface area contributed by atoms with Crippen molar-refractivity contribution in [3.63, 3.8) is 0 Å². The Bertz CT molecular complexity index is 397. The summed E-state index contributed by atoms with van der Waals surface area (Å²) in [6.07, 6.45) is 0.994. The van der Waals surface area contributed by atoms with Gasteiger partial charge in [0.1, 0.15) is 0 Å². The van der Waals surface area contributed by atoms with Crippen molar-refractivity contribution in [3.05, 3.63) is 25.3 Å². The van der Waals surface area contributed by atoms with Crippen molar-refractivity contribution in [2.75, 3.05) is 0 Å². The molecule has 0 rings (SSSR count). The lowest BCUT2D eigenvalue weighted by molar-refractivity contribution is -0.170. The van der Waals surface area contributed by atoms with Gasteiger partial charge in [-0.05, 0) is 0 Å². The van der Waals surface area contributed by atoms with Crippen LogP contribution in [0.3, 0.4) is 0 Å². The van der Waals surface area contributed by atoms with Crippen LogP contribution in [0.15, 0.2) is 25.3 Å². The van der Waals surface area contributed by atoms with Crippen LogP contribution in [-0.4, -0.2) is 59.9 Å². The lowest BCUT2D eigenvalue weighted by atomic mass is 9.96. The molecule has 0 atom stereocenters. The van der Waals surface area contributed by atoms with E-state index in [1.807, 2.05) is 0 Å². The molecule has 9 heteroatoms. The van der Waals surface area contributed by atoms with Crippen LogP contribution in [-0.2, 0) is 14.4 Å². The molecular weight excluding hydrogens is 300 g/mol. The molecule has 0 heterocycles. The van der Waals surface area contributed by atoms with Gasteiger partial charge in [0.25, 0.3) is 0 Å². The van der Waals surface area contributed by atoms with Crippen molar-refractivity contribution >= 4 is 17.9 Å². The van der Waals surface area contributed by atoms with Gasteiger partial charge in [-0.25, -0.2) is 4.79 Å². The Hall–Kier alpha value is -2.23. The lowest BCUT2D eigenvalue weighted by Crippen LogP contribution is -2.42. The molecule has 0 aromatic heterocycles. The highest BCUT2D eigenvalue weighted by Gasteiger charge is 2.40. The van der Waals surface area contributed by atoms with Gasteiger partial charge in [-0.1, -0.05) is 12.2 Å². The summed E-state index contributed by atoms with van der Waals surface area (Å²) in [4.78, 5) is 30.5. The van der Waals surface area contributed by atoms with Gasteiger partial charge < -0.3 is 30.6 Å². The molecule has 0 radical (unpaired) electrons. The van der Waals surface area contributed by atoms with Crippen molar-refractivity contribution in [3.8, 4) is 0 Å². The van der Waals surface area contributed by atoms with E-state index in [9.17, 15) is 14.4 Å². The molecule has 0 aliphatic heterocycles. The summed E-state index contributed by atoms with van der Waals surface area (Å²) >= 11 is 0. The van der Waals surface area contributed by atoms with E-state index in [1.165, 1.54) is 12.2 Å². The van der Waals surface area contributed by atoms with Crippen LogP contribution in [0.1, 0.15) is 25.7 Å². The summed E-state index contributed by atoms with van der Waals surface area (Å²) < 4.78 is 0. The van der Waals surface area contributed by atoms with E-state index < -0.39 is 42.1 Å². The van der Waals surface area contributed by atoms with Gasteiger partial charge in [0, 0.05) is 12.8 Å². The summed E-state index contributed by atoms with van der Waals surface area (Å²) in [5.41, 5.74) is -2.74. The molecule has 9 nitrogen and oxygen atoms in total. The summed E-state index contributed by atoms with van der Waals surface area (Å²) in [6.45, 7) is 6.75. The summed E-state index contributed by atoms with van der Waals surface area (Å²) in [6, 6.07) is 0. The minimum Gasteiger partial charge on any atom is -0.481 e. The van der Waals surface area contributed by atoms with Crippen LogP contribution < -0.4 is 0 Å². The van der Waals surface area contributed by atoms with Crippen molar-refractivity contribution in [1.29, 1.82) is 0 Å². The highest BCUT2D eigenvalue weighted by atomic mass is 16.5. The first-order valence-electron chi connectivity index (χ1n) is 5.96. The number of aliphatic carboxylic acids is 3. The van der Waals surface area contributed by atoms with Gasteiger partial charge in [0.2, 0.25) is 0 Å². The second-order valence-electron chi connectivity index (χ2n) is 4.45. The van der Waals surface area contributed by atoms with Crippen molar-refractivity contribution in [2.24, 2.45) is 0 Å². The highest BCUT2D eigenvalue weighted by molar-refractivity contribution is 5.88. The molecule has 0 aromatic rings. The van der Waals surface area contributed by atoms with Crippen LogP contribution in [0.5, 0.6) is 0 Å². The lowest BCUT2D eigenvalue weighted by Gasteiger charge is -2.18. The minimum absolute atomic E-state index is 0.180. The molecule has 0 spiro atoms. The predicted octanol–water partition coefficient (Wildman–Crippen LogP) is -0.429. The molecule has 0 bridgehead atoms. The molecule has 22 heavy (non-hydrogen) atoms. The topological polar surface area (TPSA) is 173 Å². The first-order valence-corrected chi connectivity index (χ1v) is 5.96. The maximum atomic E-state index is 10.3. The Morgan fingerprint density at radius 3 is 1.32 bits per heavy atom. The summed E-state index contributed by atoms with van der Waals surface area (Å²) in [5.74, 6) is -6.65. The Morgan fingerprint density at radius 1 is 0.818 bits per heavy atom. The Labute approximate surface area is 126 Å². The summed E-state index contributed by atoms with van der Waals surface area (Å²) in [7, 11) is 0. The number of carboxylic acid groups (broad SMARTS) is 3. The molecule has 0 amide bonds. The first-order chi connectivity index (χ1) is 9.90. The second-order valence-corrected chi connectivity index (χ2v) is 4.45. The molecule has 6 N–H and O–H groups in total. The van der Waals surface area contributed by atoms with E-state index in [0.29, 0.717) is 0 Å². The zero-order valence-corrected chi connectivity index (χ0v) is 11.8. The maximum absolute atomic E-state index is 10.3. The predicted molar refractivity (Wildman–Crippen MR) is 73.9 cm³/mol. The Balaban J connectivity index is 0. The second kappa shape index (κ2) is 9.66. The highest BCUT2D eigenvalue weighted by Crippen LogP contribution is 2.15. The number of carboxylic acids is 3. The van der Waals surface area contributed by atoms with E-state index in [4.69, 9.17) is 30.6 Å². The van der Waals surface area contributed by atoms with E-state index in [2.05, 4.69) is 13.2 Å². The van der Waals surface area contributed by atoms with Crippen LogP contribution in [0, 0.1) is 0 Å². The molecule has 0 aromatic carbocycles. The van der Waals surface area contributed by atoms with Crippen LogP contribution in [0.4, 0.5) is 0 Å². The largest absolute Gasteiger partial charge is 0.481 e. The zero-order valence-electron chi connectivity index (χ0n) is 11.8. The summed E-state index contributed by atoms with van der Waals surface area (Å²) in [5, 5.41) is 51.7. The molecule has 0 saturated carbocycles. The normalized spacial score (nSPS) is 10.9. The fourth-order valence-corrected chi connectivity index (χ4v) is 1.26. The van der Waals surface area contributed by atoms with Crippen molar-refractivity contribution in [1.82, 2.24) is 0 Å². The fraction of sp³-hybridized carbons (Fsp3) is 0.462. The average Bonchev–Trinajstić information content (AvgIpc) is 2.26. The maximum Gasteiger partial charge on any atom is 0.336 e. The third-order valence-electron chi connectivity index (χ3n) is 2.23. The average molecular weight is 320 g/mol. The smallest absolute Gasteiger partial charge is 0.336 e. The van der Waals surface area contributed by atoms with Gasteiger partial charge in [-0.2, -0.15) is 0 Å². The van der Waals surface area contributed by atoms with Gasteiger partial charge >= 0.3 is 17.9 Å². The number of aliphatic hydroxyl groups is 3. The van der Waals surface area contributed by atoms with Crippen molar-refractivity contribution < 1.29 is 45.0 Å². The Morgan fingerprint density at radius 2 is 1.14 bits per heavy atom. The SMILES string of the molecule is C=CCC(O)(O)CC=C.O=C(O)CC(O)(CC(=O)O)C(=O)O. The van der Waals surface area contributed by atoms with E-state index in [0.717, 1.165) is 0 Å². The minimum atomic E-state index is -2.74. The van der Waals surface area contributed by atoms with Crippen LogP contribution in [0.2, 0.25) is 0 Å². The van der Waals surface area contributed by atoms with Gasteiger partial charge in [-0.15, -0.1) is 13.2 Å². The molecule has 0 fully saturated rings. The van der Waals surface area contributed by atoms with Gasteiger partial charge in [-0.3, -0.25) is 9.59 Å². The quantitative estimate of drug-likeness (QED) is 0.243. The molecule has 0 unspecified atom stereocenters. The fourth-order valence-electron chi connectivity index (χ4n) is 1.26. The van der Waals surface area contributed by atoms with E-state index in [-0.39, 0.29) is 12.8 Å². The third kappa shape index (κ3) is 10.5. The number of hydrogen-bond acceptors (Lipinski definition) is 6. The zero-order chi connectivity index (χ0) is 18.0. The first kappa shape index (κ1) is 22.1. The molecule has 126 valence electrons. The number of carbonyl (C=O) groups is 3. The molecular formula is C13H20O9. The van der Waals surface area contributed by atoms with E-state index >= 15 is 0 Å². The van der Waals surface area contributed by atoms with Crippen molar-refractivity contribution in [2.45, 2.75) is 37.1 Å². The van der Waals surface area contributed by atoms with Crippen LogP contribution >= 0.6 is 0 Å². The Kier molecular flexibility index (Phi) is 9.69. The molecule has 0 aliphatic rings.